The number of pyridine rings is 1. The maximum Gasteiger partial charge on any atom is 0.260 e. The molecule has 2 aromatic rings. The largest absolute Gasteiger partial charge is 0.352 e. The Morgan fingerprint density at radius 3 is 2.85 bits per heavy atom. The lowest BCUT2D eigenvalue weighted by molar-refractivity contribution is 0.0952. The minimum atomic E-state index is -0.537. The Kier molecular flexibility index (Phi) is 4.53. The molecule has 0 bridgehead atoms. The van der Waals surface area contributed by atoms with E-state index in [-0.39, 0.29) is 22.9 Å². The Hall–Kier alpha value is -2.14. The minimum absolute atomic E-state index is 0.0639. The lowest BCUT2D eigenvalue weighted by atomic mass is 10.1. The van der Waals surface area contributed by atoms with Crippen LogP contribution in [-0.4, -0.2) is 17.4 Å². The van der Waals surface area contributed by atoms with Gasteiger partial charge in [-0.25, -0.2) is 4.39 Å². The van der Waals surface area contributed by atoms with E-state index in [4.69, 9.17) is 11.6 Å². The molecule has 2 rings (SSSR count). The number of rotatable bonds is 4. The van der Waals surface area contributed by atoms with Gasteiger partial charge in [-0.15, -0.1) is 0 Å². The first-order valence-corrected chi connectivity index (χ1v) is 6.35. The van der Waals surface area contributed by atoms with Crippen LogP contribution in [0.4, 0.5) is 4.39 Å². The van der Waals surface area contributed by atoms with Crippen LogP contribution < -0.4 is 10.9 Å². The number of hydrogen-bond acceptors (Lipinski definition) is 2. The number of aromatic amines is 1. The number of benzene rings is 1. The number of aromatic nitrogens is 1. The second-order valence-corrected chi connectivity index (χ2v) is 4.59. The van der Waals surface area contributed by atoms with Crippen LogP contribution in [0.5, 0.6) is 0 Å². The summed E-state index contributed by atoms with van der Waals surface area (Å²) < 4.78 is 13.4. The molecule has 4 nitrogen and oxygen atoms in total. The van der Waals surface area contributed by atoms with E-state index in [0.717, 1.165) is 0 Å². The van der Waals surface area contributed by atoms with Gasteiger partial charge in [0.25, 0.3) is 11.5 Å². The second kappa shape index (κ2) is 6.34. The maximum absolute atomic E-state index is 13.4. The first-order valence-electron chi connectivity index (χ1n) is 5.98. The Morgan fingerprint density at radius 2 is 2.10 bits per heavy atom. The molecule has 1 amide bonds. The average molecular weight is 295 g/mol. The first kappa shape index (κ1) is 14.3. The molecule has 0 saturated carbocycles. The van der Waals surface area contributed by atoms with E-state index >= 15 is 0 Å². The molecule has 104 valence electrons. The lowest BCUT2D eigenvalue weighted by Gasteiger charge is -2.06. The Morgan fingerprint density at radius 1 is 1.35 bits per heavy atom. The third-order valence-electron chi connectivity index (χ3n) is 2.75. The monoisotopic (exact) mass is 294 g/mol. The van der Waals surface area contributed by atoms with Crippen molar-refractivity contribution in [3.63, 3.8) is 0 Å². The van der Waals surface area contributed by atoms with Gasteiger partial charge < -0.3 is 10.3 Å². The quantitative estimate of drug-likeness (QED) is 0.907. The predicted molar refractivity (Wildman–Crippen MR) is 74.5 cm³/mol. The number of H-pyrrole nitrogens is 1. The fourth-order valence-corrected chi connectivity index (χ4v) is 1.90. The SMILES string of the molecule is O=C(NCCc1ccccc1F)c1cc(Cl)c[nH]c1=O. The van der Waals surface area contributed by atoms with Crippen LogP contribution in [0.1, 0.15) is 15.9 Å². The Bertz CT molecular complexity index is 685. The summed E-state index contributed by atoms with van der Waals surface area (Å²) in [7, 11) is 0. The van der Waals surface area contributed by atoms with Gasteiger partial charge in [0.1, 0.15) is 11.4 Å². The lowest BCUT2D eigenvalue weighted by Crippen LogP contribution is -2.31. The molecule has 0 aliphatic carbocycles. The molecule has 6 heteroatoms. The summed E-state index contributed by atoms with van der Waals surface area (Å²) in [6.45, 7) is 0.228. The molecule has 20 heavy (non-hydrogen) atoms. The number of amides is 1. The van der Waals surface area contributed by atoms with E-state index in [1.165, 1.54) is 18.3 Å². The third-order valence-corrected chi connectivity index (χ3v) is 2.97. The summed E-state index contributed by atoms with van der Waals surface area (Å²) in [5.41, 5.74) is -0.0726. The van der Waals surface area contributed by atoms with E-state index in [2.05, 4.69) is 10.3 Å². The molecule has 0 aliphatic rings. The number of nitrogens with one attached hydrogen (secondary N) is 2. The van der Waals surface area contributed by atoms with Crippen LogP contribution in [0.3, 0.4) is 0 Å². The molecule has 0 fully saturated rings. The van der Waals surface area contributed by atoms with Crippen molar-refractivity contribution in [1.82, 2.24) is 10.3 Å². The van der Waals surface area contributed by atoms with Crippen molar-refractivity contribution in [2.45, 2.75) is 6.42 Å². The Balaban J connectivity index is 1.98. The number of hydrogen-bond donors (Lipinski definition) is 2. The molecule has 0 atom stereocenters. The molecule has 0 aliphatic heterocycles. The van der Waals surface area contributed by atoms with Crippen LogP contribution in [0.25, 0.3) is 0 Å². The average Bonchev–Trinajstić information content (AvgIpc) is 2.43. The first-order chi connectivity index (χ1) is 9.58. The van der Waals surface area contributed by atoms with E-state index in [1.54, 1.807) is 18.2 Å². The van der Waals surface area contributed by atoms with Crippen molar-refractivity contribution < 1.29 is 9.18 Å². The Labute approximate surface area is 119 Å². The van der Waals surface area contributed by atoms with Crippen LogP contribution in [0.15, 0.2) is 41.3 Å². The van der Waals surface area contributed by atoms with Crippen molar-refractivity contribution in [3.05, 3.63) is 68.8 Å². The van der Waals surface area contributed by atoms with E-state index in [0.29, 0.717) is 12.0 Å². The summed E-state index contributed by atoms with van der Waals surface area (Å²) in [6.07, 6.45) is 1.65. The van der Waals surface area contributed by atoms with Crippen molar-refractivity contribution in [2.24, 2.45) is 0 Å². The molecular formula is C14H12ClFN2O2. The highest BCUT2D eigenvalue weighted by Crippen LogP contribution is 2.07. The van der Waals surface area contributed by atoms with E-state index in [9.17, 15) is 14.0 Å². The van der Waals surface area contributed by atoms with E-state index in [1.807, 2.05) is 0 Å². The number of carbonyl (C=O) groups is 1. The van der Waals surface area contributed by atoms with Gasteiger partial charge in [0.2, 0.25) is 0 Å². The van der Waals surface area contributed by atoms with Gasteiger partial charge in [-0.05, 0) is 24.1 Å². The normalized spacial score (nSPS) is 10.3. The molecule has 1 aromatic heterocycles. The number of halogens is 2. The molecule has 0 unspecified atom stereocenters. The van der Waals surface area contributed by atoms with E-state index < -0.39 is 11.5 Å². The second-order valence-electron chi connectivity index (χ2n) is 4.16. The van der Waals surface area contributed by atoms with Gasteiger partial charge in [0.15, 0.2) is 0 Å². The fraction of sp³-hybridized carbons (Fsp3) is 0.143. The van der Waals surface area contributed by atoms with Crippen LogP contribution in [-0.2, 0) is 6.42 Å². The summed E-state index contributed by atoms with van der Waals surface area (Å²) in [4.78, 5) is 25.6. The van der Waals surface area contributed by atoms with Crippen molar-refractivity contribution >= 4 is 17.5 Å². The van der Waals surface area contributed by atoms with Crippen LogP contribution in [0, 0.1) is 5.82 Å². The molecule has 0 radical (unpaired) electrons. The summed E-state index contributed by atoms with van der Waals surface area (Å²) in [5.74, 6) is -0.854. The summed E-state index contributed by atoms with van der Waals surface area (Å²) >= 11 is 5.71. The van der Waals surface area contributed by atoms with Gasteiger partial charge in [0.05, 0.1) is 5.02 Å². The zero-order valence-electron chi connectivity index (χ0n) is 10.5. The van der Waals surface area contributed by atoms with Crippen molar-refractivity contribution in [2.75, 3.05) is 6.54 Å². The molecule has 1 heterocycles. The minimum Gasteiger partial charge on any atom is -0.352 e. The zero-order chi connectivity index (χ0) is 14.5. The highest BCUT2D eigenvalue weighted by molar-refractivity contribution is 6.30. The highest BCUT2D eigenvalue weighted by atomic mass is 35.5. The van der Waals surface area contributed by atoms with Gasteiger partial charge in [-0.2, -0.15) is 0 Å². The topological polar surface area (TPSA) is 62.0 Å². The van der Waals surface area contributed by atoms with Crippen LogP contribution in [0.2, 0.25) is 5.02 Å². The molecule has 1 aromatic carbocycles. The summed E-state index contributed by atoms with van der Waals surface area (Å²) in [6, 6.07) is 7.62. The van der Waals surface area contributed by atoms with Crippen LogP contribution >= 0.6 is 11.6 Å². The molecule has 0 saturated heterocycles. The summed E-state index contributed by atoms with van der Waals surface area (Å²) in [5, 5.41) is 2.83. The molecule has 2 N–H and O–H groups in total. The number of carbonyl (C=O) groups excluding carboxylic acids is 1. The van der Waals surface area contributed by atoms with Crippen molar-refractivity contribution in [3.8, 4) is 0 Å². The zero-order valence-corrected chi connectivity index (χ0v) is 11.2. The maximum atomic E-state index is 13.4. The predicted octanol–water partition coefficient (Wildman–Crippen LogP) is 2.14. The van der Waals surface area contributed by atoms with Gasteiger partial charge in [-0.3, -0.25) is 9.59 Å². The highest BCUT2D eigenvalue weighted by Gasteiger charge is 2.10. The van der Waals surface area contributed by atoms with Crippen molar-refractivity contribution in [1.29, 1.82) is 0 Å². The smallest absolute Gasteiger partial charge is 0.260 e. The third kappa shape index (κ3) is 3.45. The fourth-order valence-electron chi connectivity index (χ4n) is 1.73. The molecule has 0 spiro atoms. The van der Waals surface area contributed by atoms with Gasteiger partial charge in [0, 0.05) is 12.7 Å². The van der Waals surface area contributed by atoms with Gasteiger partial charge >= 0.3 is 0 Å². The molecular weight excluding hydrogens is 283 g/mol. The van der Waals surface area contributed by atoms with Gasteiger partial charge in [-0.1, -0.05) is 29.8 Å². The standard InChI is InChI=1S/C14H12ClFN2O2/c15-10-7-11(14(20)18-8-10)13(19)17-6-5-9-3-1-2-4-12(9)16/h1-4,7-8H,5-6H2,(H,17,19)(H,18,20).